The molecule has 1 saturated carbocycles. The lowest BCUT2D eigenvalue weighted by Crippen LogP contribution is -2.47. The van der Waals surface area contributed by atoms with E-state index in [1.165, 1.54) is 0 Å². The first-order chi connectivity index (χ1) is 6.90. The van der Waals surface area contributed by atoms with Gasteiger partial charge >= 0.3 is 5.97 Å². The highest BCUT2D eigenvalue weighted by molar-refractivity contribution is 5.89. The molecule has 3 nitrogen and oxygen atoms in total. The van der Waals surface area contributed by atoms with Crippen LogP contribution in [-0.4, -0.2) is 16.9 Å². The molecule has 1 atom stereocenters. The first-order valence-corrected chi connectivity index (χ1v) is 5.66. The molecule has 15 heavy (non-hydrogen) atoms. The molecule has 0 bridgehead atoms. The van der Waals surface area contributed by atoms with E-state index in [0.717, 1.165) is 19.3 Å². The van der Waals surface area contributed by atoms with Crippen LogP contribution in [0.5, 0.6) is 0 Å². The third kappa shape index (κ3) is 2.21. The van der Waals surface area contributed by atoms with Crippen molar-refractivity contribution in [1.82, 2.24) is 0 Å². The smallest absolute Gasteiger partial charge is 0.520 e. The standard InChI is InChI=1S/C12H20O3/c1-8(2)7-10(11(14)15)12(9(3)13)5-4-6-12/h8,10H,4-7H2,1-3H3,(H,14,15)/p+1. The Morgan fingerprint density at radius 2 is 1.87 bits per heavy atom. The normalized spacial score (nSPS) is 20.8. The van der Waals surface area contributed by atoms with Gasteiger partial charge in [0.1, 0.15) is 11.7 Å². The van der Waals surface area contributed by atoms with E-state index >= 15 is 0 Å². The van der Waals surface area contributed by atoms with Crippen molar-refractivity contribution in [3.63, 3.8) is 0 Å². The average molecular weight is 213 g/mol. The maximum atomic E-state index is 11.6. The quantitative estimate of drug-likeness (QED) is 0.652. The van der Waals surface area contributed by atoms with E-state index in [1.807, 2.05) is 13.8 Å². The van der Waals surface area contributed by atoms with Crippen molar-refractivity contribution in [3.8, 4) is 0 Å². The Morgan fingerprint density at radius 1 is 1.33 bits per heavy atom. The zero-order valence-corrected chi connectivity index (χ0v) is 9.80. The van der Waals surface area contributed by atoms with Crippen LogP contribution in [0.15, 0.2) is 0 Å². The molecule has 0 aliphatic heterocycles. The minimum atomic E-state index is -0.557. The lowest BCUT2D eigenvalue weighted by molar-refractivity contribution is -0.158. The zero-order chi connectivity index (χ0) is 11.6. The van der Waals surface area contributed by atoms with Gasteiger partial charge in [0.25, 0.3) is 0 Å². The second-order valence-electron chi connectivity index (χ2n) is 5.11. The zero-order valence-electron chi connectivity index (χ0n) is 9.80. The minimum absolute atomic E-state index is 0.0972. The van der Waals surface area contributed by atoms with Crippen LogP contribution in [-0.2, 0) is 9.59 Å². The number of ketones is 1. The molecule has 0 heterocycles. The van der Waals surface area contributed by atoms with Crippen LogP contribution in [0.25, 0.3) is 0 Å². The van der Waals surface area contributed by atoms with Gasteiger partial charge in [0.2, 0.25) is 0 Å². The van der Waals surface area contributed by atoms with Gasteiger partial charge in [-0.2, -0.15) is 0 Å². The summed E-state index contributed by atoms with van der Waals surface area (Å²) in [7, 11) is 0. The first-order valence-electron chi connectivity index (χ1n) is 5.66. The van der Waals surface area contributed by atoms with E-state index in [-0.39, 0.29) is 11.7 Å². The summed E-state index contributed by atoms with van der Waals surface area (Å²) in [5.74, 6) is -0.469. The van der Waals surface area contributed by atoms with Crippen molar-refractivity contribution in [1.29, 1.82) is 0 Å². The Bertz CT molecular complexity index is 264. The van der Waals surface area contributed by atoms with Crippen molar-refractivity contribution in [2.45, 2.75) is 46.5 Å². The fraction of sp³-hybridized carbons (Fsp3) is 0.833. The molecule has 0 spiro atoms. The average Bonchev–Trinajstić information content (AvgIpc) is 1.98. The molecule has 0 saturated heterocycles. The molecular weight excluding hydrogens is 192 g/mol. The number of carbonyl (C=O) groups is 2. The summed E-state index contributed by atoms with van der Waals surface area (Å²) >= 11 is 0. The van der Waals surface area contributed by atoms with E-state index in [2.05, 4.69) is 0 Å². The molecule has 0 aromatic carbocycles. The van der Waals surface area contributed by atoms with Gasteiger partial charge < -0.3 is 5.11 Å². The predicted molar refractivity (Wildman–Crippen MR) is 58.5 cm³/mol. The van der Waals surface area contributed by atoms with Crippen molar-refractivity contribution < 1.29 is 14.7 Å². The van der Waals surface area contributed by atoms with Gasteiger partial charge in [-0.05, 0) is 32.1 Å². The van der Waals surface area contributed by atoms with Gasteiger partial charge in [-0.1, -0.05) is 20.3 Å². The van der Waals surface area contributed by atoms with Crippen molar-refractivity contribution >= 4 is 11.8 Å². The molecule has 0 aromatic rings. The topological polar surface area (TPSA) is 57.0 Å². The molecule has 0 radical (unpaired) electrons. The SMILES string of the molecule is CC(=O)C1(C(CC(C)C)C(=O)[OH2+])CCC1. The fourth-order valence-electron chi connectivity index (χ4n) is 2.56. The highest BCUT2D eigenvalue weighted by atomic mass is 16.4. The Hall–Kier alpha value is -0.860. The summed E-state index contributed by atoms with van der Waals surface area (Å²) in [5, 5.41) is 7.32. The van der Waals surface area contributed by atoms with E-state index in [0.29, 0.717) is 12.3 Å². The minimum Gasteiger partial charge on any atom is -0.564 e. The summed E-state index contributed by atoms with van der Waals surface area (Å²) < 4.78 is 0. The number of hydrogen-bond acceptors (Lipinski definition) is 2. The summed E-state index contributed by atoms with van der Waals surface area (Å²) in [6.07, 6.45) is 3.28. The van der Waals surface area contributed by atoms with Crippen LogP contribution >= 0.6 is 0 Å². The first kappa shape index (κ1) is 12.2. The summed E-state index contributed by atoms with van der Waals surface area (Å²) in [4.78, 5) is 23.0. The Balaban J connectivity index is 2.86. The third-order valence-electron chi connectivity index (χ3n) is 3.64. The maximum Gasteiger partial charge on any atom is 0.520 e. The molecule has 1 unspecified atom stereocenters. The van der Waals surface area contributed by atoms with E-state index in [9.17, 15) is 9.59 Å². The number of carbonyl (C=O) groups excluding carboxylic acids is 2. The highest BCUT2D eigenvalue weighted by Crippen LogP contribution is 2.50. The second kappa shape index (κ2) is 4.33. The summed E-state index contributed by atoms with van der Waals surface area (Å²) in [6.45, 7) is 5.63. The lowest BCUT2D eigenvalue weighted by Gasteiger charge is -2.42. The maximum absolute atomic E-state index is 11.6. The van der Waals surface area contributed by atoms with Crippen LogP contribution in [0.1, 0.15) is 46.5 Å². The summed E-state index contributed by atoms with van der Waals surface area (Å²) in [5.41, 5.74) is -0.483. The van der Waals surface area contributed by atoms with Crippen molar-refractivity contribution in [3.05, 3.63) is 0 Å². The molecule has 0 amide bonds. The van der Waals surface area contributed by atoms with Gasteiger partial charge in [-0.3, -0.25) is 4.79 Å². The monoisotopic (exact) mass is 213 g/mol. The molecular formula is C12H21O3+. The molecule has 0 aromatic heterocycles. The van der Waals surface area contributed by atoms with Gasteiger partial charge in [-0.15, -0.1) is 0 Å². The van der Waals surface area contributed by atoms with Crippen molar-refractivity contribution in [2.24, 2.45) is 17.3 Å². The number of rotatable bonds is 5. The molecule has 1 rings (SSSR count). The van der Waals surface area contributed by atoms with Crippen LogP contribution < -0.4 is 0 Å². The molecule has 1 aliphatic carbocycles. The van der Waals surface area contributed by atoms with Crippen LogP contribution in [0.2, 0.25) is 0 Å². The molecule has 1 fully saturated rings. The Morgan fingerprint density at radius 3 is 2.07 bits per heavy atom. The predicted octanol–water partition coefficient (Wildman–Crippen LogP) is 1.66. The second-order valence-corrected chi connectivity index (χ2v) is 5.11. The number of Topliss-reactive ketones (excluding diaryl/α,β-unsaturated/α-hetero) is 1. The van der Waals surface area contributed by atoms with E-state index in [4.69, 9.17) is 5.11 Å². The Kier molecular flexibility index (Phi) is 3.53. The van der Waals surface area contributed by atoms with Crippen LogP contribution in [0.3, 0.4) is 0 Å². The van der Waals surface area contributed by atoms with Crippen molar-refractivity contribution in [2.75, 3.05) is 0 Å². The van der Waals surface area contributed by atoms with Crippen LogP contribution in [0.4, 0.5) is 0 Å². The lowest BCUT2D eigenvalue weighted by atomic mass is 9.57. The van der Waals surface area contributed by atoms with E-state index < -0.39 is 11.4 Å². The molecule has 86 valence electrons. The number of hydrogen-bond donors (Lipinski definition) is 0. The van der Waals surface area contributed by atoms with E-state index in [1.54, 1.807) is 6.92 Å². The highest BCUT2D eigenvalue weighted by Gasteiger charge is 2.53. The molecule has 1 aliphatic rings. The molecule has 2 N–H and O–H groups in total. The fourth-order valence-corrected chi connectivity index (χ4v) is 2.56. The third-order valence-corrected chi connectivity index (χ3v) is 3.64. The summed E-state index contributed by atoms with van der Waals surface area (Å²) in [6, 6.07) is 0. The van der Waals surface area contributed by atoms with Crippen LogP contribution in [0, 0.1) is 17.3 Å². The van der Waals surface area contributed by atoms with Gasteiger partial charge in [0, 0.05) is 10.2 Å². The van der Waals surface area contributed by atoms with Gasteiger partial charge in [0.15, 0.2) is 0 Å². The largest absolute Gasteiger partial charge is 0.564 e. The molecule has 3 heteroatoms. The van der Waals surface area contributed by atoms with Gasteiger partial charge in [0.05, 0.1) is 0 Å². The van der Waals surface area contributed by atoms with Gasteiger partial charge in [-0.25, -0.2) is 0 Å². The Labute approximate surface area is 90.9 Å².